The third-order valence-corrected chi connectivity index (χ3v) is 3.76. The van der Waals surface area contributed by atoms with Gasteiger partial charge < -0.3 is 10.1 Å². The van der Waals surface area contributed by atoms with Crippen molar-refractivity contribution in [3.8, 4) is 0 Å². The van der Waals surface area contributed by atoms with Crippen LogP contribution in [0.3, 0.4) is 0 Å². The molecule has 0 radical (unpaired) electrons. The lowest BCUT2D eigenvalue weighted by Crippen LogP contribution is -2.30. The Morgan fingerprint density at radius 3 is 2.41 bits per heavy atom. The quantitative estimate of drug-likeness (QED) is 0.324. The van der Waals surface area contributed by atoms with Gasteiger partial charge in [0, 0.05) is 29.8 Å². The van der Waals surface area contributed by atoms with Crippen molar-refractivity contribution >= 4 is 35.2 Å². The largest absolute Gasteiger partial charge is 0.452 e. The van der Waals surface area contributed by atoms with E-state index >= 15 is 0 Å². The number of non-ortho nitro benzene ring substituents is 1. The van der Waals surface area contributed by atoms with Gasteiger partial charge in [-0.05, 0) is 47.9 Å². The van der Waals surface area contributed by atoms with E-state index in [2.05, 4.69) is 5.32 Å². The summed E-state index contributed by atoms with van der Waals surface area (Å²) >= 11 is 5.80. The second kappa shape index (κ2) is 10.1. The molecule has 140 valence electrons. The maximum Gasteiger partial charge on any atom is 0.331 e. The Balaban J connectivity index is 1.68. The Kier molecular flexibility index (Phi) is 7.51. The van der Waals surface area contributed by atoms with E-state index in [0.29, 0.717) is 23.6 Å². The standard InChI is InChI=1S/C19H17ClN2O5/c20-16-6-1-15(2-7-16)11-12-21-18(23)13-27-19(24)10-5-14-3-8-17(9-4-14)22(25)26/h1-10H,11-13H2,(H,21,23)/b10-5+. The Labute approximate surface area is 160 Å². The number of nitro benzene ring substituents is 1. The molecule has 0 saturated carbocycles. The highest BCUT2D eigenvalue weighted by molar-refractivity contribution is 6.30. The topological polar surface area (TPSA) is 98.5 Å². The second-order valence-corrected chi connectivity index (χ2v) is 5.95. The minimum Gasteiger partial charge on any atom is -0.452 e. The molecule has 8 heteroatoms. The maximum absolute atomic E-state index is 11.7. The molecule has 27 heavy (non-hydrogen) atoms. The molecule has 0 fully saturated rings. The second-order valence-electron chi connectivity index (χ2n) is 5.52. The molecule has 2 aromatic carbocycles. The molecule has 0 spiro atoms. The van der Waals surface area contributed by atoms with Crippen molar-refractivity contribution in [3.05, 3.63) is 80.9 Å². The van der Waals surface area contributed by atoms with Gasteiger partial charge in [0.1, 0.15) is 0 Å². The zero-order chi connectivity index (χ0) is 19.6. The summed E-state index contributed by atoms with van der Waals surface area (Å²) in [4.78, 5) is 33.3. The van der Waals surface area contributed by atoms with E-state index in [1.807, 2.05) is 12.1 Å². The fraction of sp³-hybridized carbons (Fsp3) is 0.158. The van der Waals surface area contributed by atoms with Gasteiger partial charge in [-0.15, -0.1) is 0 Å². The van der Waals surface area contributed by atoms with Gasteiger partial charge >= 0.3 is 5.97 Å². The Morgan fingerprint density at radius 2 is 1.78 bits per heavy atom. The van der Waals surface area contributed by atoms with Crippen LogP contribution in [0.15, 0.2) is 54.6 Å². The molecule has 1 N–H and O–H groups in total. The highest BCUT2D eigenvalue weighted by Gasteiger charge is 2.06. The number of carbonyl (C=O) groups is 2. The van der Waals surface area contributed by atoms with Crippen molar-refractivity contribution in [2.75, 3.05) is 13.2 Å². The van der Waals surface area contributed by atoms with E-state index in [9.17, 15) is 19.7 Å². The van der Waals surface area contributed by atoms with E-state index < -0.39 is 16.8 Å². The fourth-order valence-corrected chi connectivity index (χ4v) is 2.23. The summed E-state index contributed by atoms with van der Waals surface area (Å²) in [5.74, 6) is -1.08. The van der Waals surface area contributed by atoms with Crippen LogP contribution in [0.25, 0.3) is 6.08 Å². The van der Waals surface area contributed by atoms with Crippen LogP contribution < -0.4 is 5.32 Å². The molecular formula is C19H17ClN2O5. The van der Waals surface area contributed by atoms with E-state index in [0.717, 1.165) is 11.6 Å². The molecule has 0 unspecified atom stereocenters. The number of carbonyl (C=O) groups excluding carboxylic acids is 2. The minimum atomic E-state index is -0.679. The number of nitro groups is 1. The molecule has 2 aromatic rings. The molecule has 2 rings (SSSR count). The SMILES string of the molecule is O=C(COC(=O)/C=C/c1ccc([N+](=O)[O-])cc1)NCCc1ccc(Cl)cc1. The van der Waals surface area contributed by atoms with E-state index in [1.165, 1.54) is 30.3 Å². The number of rotatable bonds is 8. The summed E-state index contributed by atoms with van der Waals surface area (Å²) in [5.41, 5.74) is 1.60. The van der Waals surface area contributed by atoms with Gasteiger partial charge in [0.2, 0.25) is 0 Å². The predicted octanol–water partition coefficient (Wildman–Crippen LogP) is 3.16. The van der Waals surface area contributed by atoms with Gasteiger partial charge in [-0.1, -0.05) is 23.7 Å². The summed E-state index contributed by atoms with van der Waals surface area (Å²) in [6.45, 7) is 0.0285. The first kappa shape index (κ1) is 20.1. The summed E-state index contributed by atoms with van der Waals surface area (Å²) in [5, 5.41) is 13.9. The summed E-state index contributed by atoms with van der Waals surface area (Å²) in [6.07, 6.45) is 3.24. The number of hydrogen-bond donors (Lipinski definition) is 1. The van der Waals surface area contributed by atoms with Crippen molar-refractivity contribution < 1.29 is 19.2 Å². The first-order valence-electron chi connectivity index (χ1n) is 8.04. The molecule has 0 atom stereocenters. The molecular weight excluding hydrogens is 372 g/mol. The molecule has 0 saturated heterocycles. The lowest BCUT2D eigenvalue weighted by atomic mass is 10.1. The van der Waals surface area contributed by atoms with Crippen molar-refractivity contribution in [2.24, 2.45) is 0 Å². The predicted molar refractivity (Wildman–Crippen MR) is 101 cm³/mol. The summed E-state index contributed by atoms with van der Waals surface area (Å²) in [7, 11) is 0. The van der Waals surface area contributed by atoms with Crippen LogP contribution in [0, 0.1) is 10.1 Å². The lowest BCUT2D eigenvalue weighted by Gasteiger charge is -2.05. The van der Waals surface area contributed by atoms with Crippen LogP contribution in [0.1, 0.15) is 11.1 Å². The first-order valence-corrected chi connectivity index (χ1v) is 8.42. The average Bonchev–Trinajstić information content (AvgIpc) is 2.66. The molecule has 0 heterocycles. The normalized spacial score (nSPS) is 10.6. The van der Waals surface area contributed by atoms with Crippen LogP contribution in [0.2, 0.25) is 5.02 Å². The lowest BCUT2D eigenvalue weighted by molar-refractivity contribution is -0.384. The number of esters is 1. The Hall–Kier alpha value is -3.19. The van der Waals surface area contributed by atoms with E-state index in [-0.39, 0.29) is 12.3 Å². The third-order valence-electron chi connectivity index (χ3n) is 3.51. The van der Waals surface area contributed by atoms with Crippen LogP contribution in [-0.4, -0.2) is 30.0 Å². The van der Waals surface area contributed by atoms with Crippen molar-refractivity contribution in [1.82, 2.24) is 5.32 Å². The molecule has 0 bridgehead atoms. The zero-order valence-corrected chi connectivity index (χ0v) is 15.0. The minimum absolute atomic E-state index is 0.0370. The monoisotopic (exact) mass is 388 g/mol. The number of amides is 1. The van der Waals surface area contributed by atoms with Gasteiger partial charge in [0.25, 0.3) is 11.6 Å². The molecule has 0 aromatic heterocycles. The van der Waals surface area contributed by atoms with Crippen LogP contribution in [0.4, 0.5) is 5.69 Å². The van der Waals surface area contributed by atoms with Crippen molar-refractivity contribution in [3.63, 3.8) is 0 Å². The number of hydrogen-bond acceptors (Lipinski definition) is 5. The first-order chi connectivity index (χ1) is 12.9. The summed E-state index contributed by atoms with van der Waals surface area (Å²) in [6, 6.07) is 13.0. The molecule has 7 nitrogen and oxygen atoms in total. The summed E-state index contributed by atoms with van der Waals surface area (Å²) < 4.78 is 4.84. The number of nitrogens with one attached hydrogen (secondary N) is 1. The van der Waals surface area contributed by atoms with Crippen LogP contribution in [0.5, 0.6) is 0 Å². The van der Waals surface area contributed by atoms with Gasteiger partial charge in [-0.2, -0.15) is 0 Å². The van der Waals surface area contributed by atoms with Crippen LogP contribution in [-0.2, 0) is 20.7 Å². The highest BCUT2D eigenvalue weighted by atomic mass is 35.5. The van der Waals surface area contributed by atoms with Gasteiger partial charge in [-0.25, -0.2) is 4.79 Å². The van der Waals surface area contributed by atoms with Crippen molar-refractivity contribution in [2.45, 2.75) is 6.42 Å². The zero-order valence-electron chi connectivity index (χ0n) is 14.3. The smallest absolute Gasteiger partial charge is 0.331 e. The van der Waals surface area contributed by atoms with Gasteiger partial charge in [-0.3, -0.25) is 14.9 Å². The maximum atomic E-state index is 11.7. The van der Waals surface area contributed by atoms with Gasteiger partial charge in [0.05, 0.1) is 4.92 Å². The number of nitrogens with zero attached hydrogens (tertiary/aromatic N) is 1. The fourth-order valence-electron chi connectivity index (χ4n) is 2.10. The third kappa shape index (κ3) is 7.29. The van der Waals surface area contributed by atoms with Gasteiger partial charge in [0.15, 0.2) is 6.61 Å². The molecule has 1 amide bonds. The number of ether oxygens (including phenoxy) is 1. The molecule has 0 aliphatic heterocycles. The van der Waals surface area contributed by atoms with E-state index in [1.54, 1.807) is 12.1 Å². The molecule has 0 aliphatic rings. The number of benzene rings is 2. The van der Waals surface area contributed by atoms with E-state index in [4.69, 9.17) is 16.3 Å². The van der Waals surface area contributed by atoms with Crippen LogP contribution >= 0.6 is 11.6 Å². The Bertz CT molecular complexity index is 832. The number of halogens is 1. The molecule has 0 aliphatic carbocycles. The van der Waals surface area contributed by atoms with Crippen molar-refractivity contribution in [1.29, 1.82) is 0 Å². The Morgan fingerprint density at radius 1 is 1.11 bits per heavy atom. The highest BCUT2D eigenvalue weighted by Crippen LogP contribution is 2.13. The average molecular weight is 389 g/mol.